The number of benzene rings is 1. The number of halogens is 1. The van der Waals surface area contributed by atoms with Gasteiger partial charge < -0.3 is 4.74 Å². The molecule has 0 spiro atoms. The molecule has 0 saturated heterocycles. The van der Waals surface area contributed by atoms with Crippen LogP contribution in [0.3, 0.4) is 0 Å². The van der Waals surface area contributed by atoms with Gasteiger partial charge in [0.05, 0.1) is 7.11 Å². The number of pyridine rings is 1. The third-order valence-electron chi connectivity index (χ3n) is 2.70. The zero-order chi connectivity index (χ0) is 11.7. The summed E-state index contributed by atoms with van der Waals surface area (Å²) in [6.45, 7) is 4.29. The average Bonchev–Trinajstić information content (AvgIpc) is 2.28. The Labute approximate surface area is 100 Å². The number of hydrogen-bond donors (Lipinski definition) is 0. The van der Waals surface area contributed by atoms with E-state index in [-0.39, 0.29) is 0 Å². The first-order valence-corrected chi connectivity index (χ1v) is 5.63. The van der Waals surface area contributed by atoms with Crippen molar-refractivity contribution in [2.45, 2.75) is 19.8 Å². The zero-order valence-corrected chi connectivity index (χ0v) is 10.4. The first kappa shape index (κ1) is 11.2. The zero-order valence-electron chi connectivity index (χ0n) is 9.62. The van der Waals surface area contributed by atoms with Gasteiger partial charge in [0.15, 0.2) is 0 Å². The molecule has 0 N–H and O–H groups in total. The summed E-state index contributed by atoms with van der Waals surface area (Å²) in [5.74, 6) is 1.26. The van der Waals surface area contributed by atoms with Crippen molar-refractivity contribution in [2.24, 2.45) is 0 Å². The van der Waals surface area contributed by atoms with Gasteiger partial charge in [-0.1, -0.05) is 25.4 Å². The lowest BCUT2D eigenvalue weighted by molar-refractivity contribution is 0.415. The molecule has 0 aliphatic carbocycles. The molecule has 0 saturated carbocycles. The molecule has 16 heavy (non-hydrogen) atoms. The molecule has 2 nitrogen and oxygen atoms in total. The second-order valence-electron chi connectivity index (χ2n) is 4.07. The molecular weight excluding hydrogens is 222 g/mol. The first-order valence-electron chi connectivity index (χ1n) is 5.25. The standard InChI is InChI=1S/C13H14ClNO/c1-8(2)12-7-15-13(14)10-5-4-9(16-3)6-11(10)12/h4-8H,1-3H3. The van der Waals surface area contributed by atoms with Gasteiger partial charge in [0.25, 0.3) is 0 Å². The highest BCUT2D eigenvalue weighted by molar-refractivity contribution is 6.34. The molecule has 0 amide bonds. The summed E-state index contributed by atoms with van der Waals surface area (Å²) in [6.07, 6.45) is 1.84. The molecular formula is C13H14ClNO. The number of rotatable bonds is 2. The summed E-state index contributed by atoms with van der Waals surface area (Å²) < 4.78 is 5.23. The molecule has 1 aromatic heterocycles. The van der Waals surface area contributed by atoms with E-state index in [0.29, 0.717) is 11.1 Å². The topological polar surface area (TPSA) is 22.1 Å². The van der Waals surface area contributed by atoms with Gasteiger partial charge >= 0.3 is 0 Å². The van der Waals surface area contributed by atoms with Crippen LogP contribution in [-0.4, -0.2) is 12.1 Å². The van der Waals surface area contributed by atoms with E-state index < -0.39 is 0 Å². The summed E-state index contributed by atoms with van der Waals surface area (Å²) >= 11 is 6.08. The fourth-order valence-electron chi connectivity index (χ4n) is 1.79. The Bertz CT molecular complexity index is 523. The maximum Gasteiger partial charge on any atom is 0.136 e. The van der Waals surface area contributed by atoms with Crippen molar-refractivity contribution in [3.63, 3.8) is 0 Å². The van der Waals surface area contributed by atoms with Crippen LogP contribution in [0.25, 0.3) is 10.8 Å². The van der Waals surface area contributed by atoms with E-state index in [1.165, 1.54) is 5.56 Å². The predicted octanol–water partition coefficient (Wildman–Crippen LogP) is 4.02. The van der Waals surface area contributed by atoms with Crippen LogP contribution in [0, 0.1) is 0 Å². The van der Waals surface area contributed by atoms with Gasteiger partial charge in [-0.2, -0.15) is 0 Å². The molecule has 2 aromatic rings. The van der Waals surface area contributed by atoms with Crippen molar-refractivity contribution in [1.29, 1.82) is 0 Å². The Morgan fingerprint density at radius 1 is 1.25 bits per heavy atom. The molecule has 1 heterocycles. The summed E-state index contributed by atoms with van der Waals surface area (Å²) in [6, 6.07) is 5.87. The second kappa shape index (κ2) is 4.30. The molecule has 1 aromatic carbocycles. The first-order chi connectivity index (χ1) is 7.63. The predicted molar refractivity (Wildman–Crippen MR) is 67.4 cm³/mol. The molecule has 2 rings (SSSR count). The number of methoxy groups -OCH3 is 1. The van der Waals surface area contributed by atoms with E-state index in [1.54, 1.807) is 7.11 Å². The minimum absolute atomic E-state index is 0.416. The number of nitrogens with zero attached hydrogens (tertiary/aromatic N) is 1. The fraction of sp³-hybridized carbons (Fsp3) is 0.308. The highest BCUT2D eigenvalue weighted by Gasteiger charge is 2.09. The molecule has 0 aliphatic rings. The molecule has 0 atom stereocenters. The van der Waals surface area contributed by atoms with Gasteiger partial charge in [0, 0.05) is 11.6 Å². The number of hydrogen-bond acceptors (Lipinski definition) is 2. The fourth-order valence-corrected chi connectivity index (χ4v) is 2.01. The van der Waals surface area contributed by atoms with Gasteiger partial charge in [-0.05, 0) is 35.1 Å². The summed E-state index contributed by atoms with van der Waals surface area (Å²) in [7, 11) is 1.67. The Morgan fingerprint density at radius 2 is 2.00 bits per heavy atom. The van der Waals surface area contributed by atoms with Crippen LogP contribution in [-0.2, 0) is 0 Å². The second-order valence-corrected chi connectivity index (χ2v) is 4.43. The minimum Gasteiger partial charge on any atom is -0.497 e. The van der Waals surface area contributed by atoms with Crippen molar-refractivity contribution in [3.8, 4) is 5.75 Å². The third-order valence-corrected chi connectivity index (χ3v) is 3.00. The highest BCUT2D eigenvalue weighted by Crippen LogP contribution is 2.31. The Hall–Kier alpha value is -1.28. The quantitative estimate of drug-likeness (QED) is 0.734. The summed E-state index contributed by atoms with van der Waals surface area (Å²) in [4.78, 5) is 4.21. The van der Waals surface area contributed by atoms with Crippen LogP contribution in [0.2, 0.25) is 5.15 Å². The monoisotopic (exact) mass is 235 g/mol. The van der Waals surface area contributed by atoms with Crippen LogP contribution in [0.1, 0.15) is 25.3 Å². The normalized spacial score (nSPS) is 11.1. The number of ether oxygens (including phenoxy) is 1. The van der Waals surface area contributed by atoms with E-state index in [4.69, 9.17) is 16.3 Å². The molecule has 0 unspecified atom stereocenters. The lowest BCUT2D eigenvalue weighted by Crippen LogP contribution is -1.93. The van der Waals surface area contributed by atoms with Crippen LogP contribution in [0.15, 0.2) is 24.4 Å². The Morgan fingerprint density at radius 3 is 2.62 bits per heavy atom. The Kier molecular flexibility index (Phi) is 3.01. The average molecular weight is 236 g/mol. The summed E-state index contributed by atoms with van der Waals surface area (Å²) in [5, 5.41) is 2.64. The van der Waals surface area contributed by atoms with E-state index >= 15 is 0 Å². The largest absolute Gasteiger partial charge is 0.497 e. The molecule has 0 fully saturated rings. The van der Waals surface area contributed by atoms with Crippen molar-refractivity contribution >= 4 is 22.4 Å². The van der Waals surface area contributed by atoms with Crippen LogP contribution >= 0.6 is 11.6 Å². The molecule has 3 heteroatoms. The van der Waals surface area contributed by atoms with Gasteiger partial charge in [-0.25, -0.2) is 4.98 Å². The van der Waals surface area contributed by atoms with Crippen molar-refractivity contribution in [2.75, 3.05) is 7.11 Å². The maximum atomic E-state index is 6.08. The van der Waals surface area contributed by atoms with E-state index in [0.717, 1.165) is 16.5 Å². The Balaban J connectivity index is 2.77. The van der Waals surface area contributed by atoms with Crippen LogP contribution < -0.4 is 4.74 Å². The third kappa shape index (κ3) is 1.85. The van der Waals surface area contributed by atoms with Crippen molar-refractivity contribution in [1.82, 2.24) is 4.98 Å². The highest BCUT2D eigenvalue weighted by atomic mass is 35.5. The SMILES string of the molecule is COc1ccc2c(Cl)ncc(C(C)C)c2c1. The molecule has 0 bridgehead atoms. The number of fused-ring (bicyclic) bond motifs is 1. The van der Waals surface area contributed by atoms with Gasteiger partial charge in [-0.15, -0.1) is 0 Å². The lowest BCUT2D eigenvalue weighted by Gasteiger charge is -2.11. The van der Waals surface area contributed by atoms with E-state index in [9.17, 15) is 0 Å². The lowest BCUT2D eigenvalue weighted by atomic mass is 9.99. The molecule has 84 valence electrons. The van der Waals surface area contributed by atoms with Gasteiger partial charge in [-0.3, -0.25) is 0 Å². The van der Waals surface area contributed by atoms with Crippen LogP contribution in [0.5, 0.6) is 5.75 Å². The van der Waals surface area contributed by atoms with E-state index in [2.05, 4.69) is 18.8 Å². The maximum absolute atomic E-state index is 6.08. The van der Waals surface area contributed by atoms with Crippen LogP contribution in [0.4, 0.5) is 0 Å². The smallest absolute Gasteiger partial charge is 0.136 e. The van der Waals surface area contributed by atoms with Crippen molar-refractivity contribution in [3.05, 3.63) is 35.1 Å². The van der Waals surface area contributed by atoms with Crippen molar-refractivity contribution < 1.29 is 4.74 Å². The molecule has 0 aliphatic heterocycles. The van der Waals surface area contributed by atoms with Gasteiger partial charge in [0.2, 0.25) is 0 Å². The number of aromatic nitrogens is 1. The summed E-state index contributed by atoms with van der Waals surface area (Å²) in [5.41, 5.74) is 1.19. The van der Waals surface area contributed by atoms with E-state index in [1.807, 2.05) is 24.4 Å². The molecule has 0 radical (unpaired) electrons. The van der Waals surface area contributed by atoms with Gasteiger partial charge in [0.1, 0.15) is 10.9 Å². The minimum atomic E-state index is 0.416.